The minimum absolute atomic E-state index is 0.597. The van der Waals surface area contributed by atoms with E-state index in [9.17, 15) is 0 Å². The fourth-order valence-electron chi connectivity index (χ4n) is 2.30. The van der Waals surface area contributed by atoms with Crippen LogP contribution in [0.4, 0.5) is 0 Å². The lowest BCUT2D eigenvalue weighted by Gasteiger charge is -2.04. The first kappa shape index (κ1) is 13.4. The number of benzene rings is 1. The second-order valence-electron chi connectivity index (χ2n) is 4.98. The number of H-pyrrole nitrogens is 1. The Balaban J connectivity index is 1.74. The number of aromatic amines is 1. The molecule has 0 amide bonds. The summed E-state index contributed by atoms with van der Waals surface area (Å²) in [5.41, 5.74) is 3.20. The average molecular weight is 307 g/mol. The Morgan fingerprint density at radius 3 is 2.78 bits per heavy atom. The highest BCUT2D eigenvalue weighted by atomic mass is 16.5. The summed E-state index contributed by atoms with van der Waals surface area (Å²) in [5.74, 6) is 1.48. The Hall–Kier alpha value is -3.29. The van der Waals surface area contributed by atoms with Crippen molar-refractivity contribution in [2.45, 2.75) is 6.42 Å². The third-order valence-electron chi connectivity index (χ3n) is 3.48. The molecule has 0 fully saturated rings. The van der Waals surface area contributed by atoms with Gasteiger partial charge in [-0.1, -0.05) is 5.21 Å². The molecule has 0 spiro atoms. The quantitative estimate of drug-likeness (QED) is 0.614. The molecule has 0 atom stereocenters. The van der Waals surface area contributed by atoms with E-state index in [0.29, 0.717) is 23.4 Å². The van der Waals surface area contributed by atoms with Gasteiger partial charge in [-0.3, -0.25) is 5.10 Å². The average Bonchev–Trinajstić information content (AvgIpc) is 3.24. The molecule has 8 heteroatoms. The first-order valence-electron chi connectivity index (χ1n) is 7.03. The highest BCUT2D eigenvalue weighted by Crippen LogP contribution is 2.18. The smallest absolute Gasteiger partial charge is 0.187 e. The molecule has 1 N–H and O–H groups in total. The summed E-state index contributed by atoms with van der Waals surface area (Å²) in [4.78, 5) is 8.91. The predicted octanol–water partition coefficient (Wildman–Crippen LogP) is 1.53. The fraction of sp³-hybridized carbons (Fsp3) is 0.133. The molecule has 23 heavy (non-hydrogen) atoms. The number of rotatable bonds is 4. The lowest BCUT2D eigenvalue weighted by Crippen LogP contribution is -2.01. The van der Waals surface area contributed by atoms with Gasteiger partial charge in [0.2, 0.25) is 0 Å². The van der Waals surface area contributed by atoms with Crippen LogP contribution in [-0.4, -0.2) is 42.3 Å². The Bertz CT molecular complexity index is 928. The Kier molecular flexibility index (Phi) is 3.19. The van der Waals surface area contributed by atoms with Gasteiger partial charge < -0.3 is 4.74 Å². The van der Waals surface area contributed by atoms with Crippen molar-refractivity contribution >= 4 is 11.2 Å². The van der Waals surface area contributed by atoms with E-state index in [-0.39, 0.29) is 0 Å². The maximum atomic E-state index is 5.17. The van der Waals surface area contributed by atoms with Crippen LogP contribution in [0.25, 0.3) is 16.9 Å². The van der Waals surface area contributed by atoms with Crippen LogP contribution in [0.3, 0.4) is 0 Å². The second kappa shape index (κ2) is 5.48. The summed E-state index contributed by atoms with van der Waals surface area (Å²) in [6.45, 7) is 0. The maximum absolute atomic E-state index is 5.17. The zero-order valence-electron chi connectivity index (χ0n) is 12.3. The van der Waals surface area contributed by atoms with Crippen LogP contribution < -0.4 is 4.74 Å². The van der Waals surface area contributed by atoms with Crippen molar-refractivity contribution in [1.29, 1.82) is 0 Å². The third-order valence-corrected chi connectivity index (χ3v) is 3.48. The van der Waals surface area contributed by atoms with E-state index in [1.165, 1.54) is 0 Å². The monoisotopic (exact) mass is 307 g/mol. The normalized spacial score (nSPS) is 11.0. The van der Waals surface area contributed by atoms with Crippen LogP contribution in [0.2, 0.25) is 0 Å². The van der Waals surface area contributed by atoms with Gasteiger partial charge in [0.05, 0.1) is 25.2 Å². The highest BCUT2D eigenvalue weighted by molar-refractivity contribution is 5.70. The van der Waals surface area contributed by atoms with Crippen LogP contribution in [-0.2, 0) is 6.42 Å². The third kappa shape index (κ3) is 2.50. The summed E-state index contributed by atoms with van der Waals surface area (Å²) in [6, 6.07) is 7.56. The van der Waals surface area contributed by atoms with E-state index in [1.54, 1.807) is 24.2 Å². The molecule has 8 nitrogen and oxygen atoms in total. The van der Waals surface area contributed by atoms with Gasteiger partial charge in [0.15, 0.2) is 11.2 Å². The van der Waals surface area contributed by atoms with Crippen LogP contribution >= 0.6 is 0 Å². The largest absolute Gasteiger partial charge is 0.497 e. The Morgan fingerprint density at radius 2 is 2.04 bits per heavy atom. The van der Waals surface area contributed by atoms with E-state index in [4.69, 9.17) is 4.74 Å². The van der Waals surface area contributed by atoms with Gasteiger partial charge in [-0.05, 0) is 29.8 Å². The summed E-state index contributed by atoms with van der Waals surface area (Å²) in [6.07, 6.45) is 5.87. The first-order chi connectivity index (χ1) is 11.3. The molecule has 0 saturated heterocycles. The van der Waals surface area contributed by atoms with Crippen LogP contribution in [0, 0.1) is 0 Å². The molecule has 1 aromatic carbocycles. The van der Waals surface area contributed by atoms with Crippen molar-refractivity contribution < 1.29 is 4.74 Å². The molecule has 4 rings (SSSR count). The molecule has 114 valence electrons. The summed E-state index contributed by atoms with van der Waals surface area (Å²) in [5, 5.41) is 15.0. The van der Waals surface area contributed by atoms with Crippen molar-refractivity contribution in [1.82, 2.24) is 35.2 Å². The van der Waals surface area contributed by atoms with Gasteiger partial charge in [0.1, 0.15) is 11.6 Å². The topological polar surface area (TPSA) is 94.4 Å². The second-order valence-corrected chi connectivity index (χ2v) is 4.98. The molecule has 0 aliphatic rings. The molecule has 0 aliphatic carbocycles. The number of nitrogens with zero attached hydrogens (tertiary/aromatic N) is 6. The molecule has 3 aromatic heterocycles. The summed E-state index contributed by atoms with van der Waals surface area (Å²) >= 11 is 0. The number of nitrogens with one attached hydrogen (secondary N) is 1. The van der Waals surface area contributed by atoms with E-state index in [1.807, 2.05) is 30.5 Å². The van der Waals surface area contributed by atoms with E-state index in [2.05, 4.69) is 30.5 Å². The highest BCUT2D eigenvalue weighted by Gasteiger charge is 2.11. The summed E-state index contributed by atoms with van der Waals surface area (Å²) in [7, 11) is 1.63. The number of hydrogen-bond donors (Lipinski definition) is 1. The van der Waals surface area contributed by atoms with Gasteiger partial charge >= 0.3 is 0 Å². The predicted molar refractivity (Wildman–Crippen MR) is 82.4 cm³/mol. The molecule has 0 saturated carbocycles. The molecule has 4 aromatic rings. The molecule has 3 heterocycles. The zero-order valence-corrected chi connectivity index (χ0v) is 12.3. The van der Waals surface area contributed by atoms with Crippen LogP contribution in [0.1, 0.15) is 11.4 Å². The Morgan fingerprint density at radius 1 is 1.17 bits per heavy atom. The number of methoxy groups -OCH3 is 1. The minimum Gasteiger partial charge on any atom is -0.497 e. The maximum Gasteiger partial charge on any atom is 0.187 e. The van der Waals surface area contributed by atoms with Crippen molar-refractivity contribution in [3.8, 4) is 11.4 Å². The molecular weight excluding hydrogens is 294 g/mol. The zero-order chi connectivity index (χ0) is 15.6. The van der Waals surface area contributed by atoms with Crippen molar-refractivity contribution in [2.75, 3.05) is 7.11 Å². The van der Waals surface area contributed by atoms with Gasteiger partial charge in [-0.15, -0.1) is 5.10 Å². The fourth-order valence-corrected chi connectivity index (χ4v) is 2.30. The van der Waals surface area contributed by atoms with Crippen molar-refractivity contribution in [3.05, 3.63) is 54.2 Å². The summed E-state index contributed by atoms with van der Waals surface area (Å²) < 4.78 is 6.86. The lowest BCUT2D eigenvalue weighted by molar-refractivity contribution is 0.414. The van der Waals surface area contributed by atoms with Gasteiger partial charge in [-0.2, -0.15) is 9.78 Å². The molecule has 0 radical (unpaired) electrons. The van der Waals surface area contributed by atoms with Gasteiger partial charge in [0, 0.05) is 12.6 Å². The van der Waals surface area contributed by atoms with Crippen LogP contribution in [0.15, 0.2) is 42.9 Å². The van der Waals surface area contributed by atoms with E-state index >= 15 is 0 Å². The van der Waals surface area contributed by atoms with E-state index < -0.39 is 0 Å². The van der Waals surface area contributed by atoms with Gasteiger partial charge in [-0.25, -0.2) is 9.97 Å². The van der Waals surface area contributed by atoms with Crippen molar-refractivity contribution in [3.63, 3.8) is 0 Å². The van der Waals surface area contributed by atoms with Crippen molar-refractivity contribution in [2.24, 2.45) is 0 Å². The standard InChI is InChI=1S/C15H13N7O/c1-23-12-4-2-11(3-5-12)22-15-13(20-21-22)9-16-14(19-15)6-10-7-17-18-8-10/h2-5,7-9H,6H2,1H3,(H,17,18). The molecule has 0 aliphatic heterocycles. The van der Waals surface area contributed by atoms with Gasteiger partial charge in [0.25, 0.3) is 0 Å². The molecule has 0 unspecified atom stereocenters. The number of aromatic nitrogens is 7. The van der Waals surface area contributed by atoms with E-state index in [0.717, 1.165) is 17.0 Å². The molecular formula is C15H13N7O. The first-order valence-corrected chi connectivity index (χ1v) is 7.03. The SMILES string of the molecule is COc1ccc(-n2nnc3cnc(Cc4cn[nH]c4)nc32)cc1. The number of fused-ring (bicyclic) bond motifs is 1. The minimum atomic E-state index is 0.597. The van der Waals surface area contributed by atoms with Crippen LogP contribution in [0.5, 0.6) is 5.75 Å². The number of ether oxygens (including phenoxy) is 1. The number of hydrogen-bond acceptors (Lipinski definition) is 6. The molecule has 0 bridgehead atoms. The lowest BCUT2D eigenvalue weighted by atomic mass is 10.2. The Labute approximate surface area is 131 Å².